The first kappa shape index (κ1) is 19.0. The minimum Gasteiger partial charge on any atom is -0.496 e. The van der Waals surface area contributed by atoms with Crippen LogP contribution in [0.5, 0.6) is 5.75 Å². The van der Waals surface area contributed by atoms with E-state index in [9.17, 15) is 0 Å². The van der Waals surface area contributed by atoms with Crippen molar-refractivity contribution in [2.24, 2.45) is 10.9 Å². The van der Waals surface area contributed by atoms with Crippen LogP contribution in [0.15, 0.2) is 83.9 Å². The number of fused-ring (bicyclic) bond motifs is 3. The lowest BCUT2D eigenvalue weighted by Gasteiger charge is -2.37. The lowest BCUT2D eigenvalue weighted by molar-refractivity contribution is 0.414. The van der Waals surface area contributed by atoms with E-state index in [1.807, 2.05) is 18.2 Å². The molecule has 3 nitrogen and oxygen atoms in total. The first-order chi connectivity index (χ1) is 14.7. The Hall–Kier alpha value is -3.04. The highest BCUT2D eigenvalue weighted by Gasteiger charge is 2.37. The molecule has 4 heteroatoms. The Balaban J connectivity index is 1.39. The number of benzene rings is 3. The molecule has 0 aromatic heterocycles. The minimum absolute atomic E-state index is 0.297. The maximum absolute atomic E-state index is 6.11. The largest absolute Gasteiger partial charge is 0.496 e. The summed E-state index contributed by atoms with van der Waals surface area (Å²) >= 11 is 6.11. The van der Waals surface area contributed by atoms with E-state index in [2.05, 4.69) is 71.0 Å². The summed E-state index contributed by atoms with van der Waals surface area (Å²) in [5.74, 6) is 1.79. The minimum atomic E-state index is 0.297. The van der Waals surface area contributed by atoms with E-state index in [-0.39, 0.29) is 0 Å². The Morgan fingerprint density at radius 2 is 1.90 bits per heavy atom. The number of methoxy groups -OCH3 is 1. The summed E-state index contributed by atoms with van der Waals surface area (Å²) < 4.78 is 5.39. The van der Waals surface area contributed by atoms with Gasteiger partial charge in [0.2, 0.25) is 0 Å². The molecule has 1 aliphatic carbocycles. The van der Waals surface area contributed by atoms with Crippen molar-refractivity contribution in [2.45, 2.75) is 18.4 Å². The monoisotopic (exact) mass is 414 g/mol. The number of aliphatic imine (C=N–C) groups is 1. The number of ether oxygens (including phenoxy) is 1. The molecule has 2 aliphatic rings. The molecule has 0 radical (unpaired) electrons. The van der Waals surface area contributed by atoms with E-state index >= 15 is 0 Å². The van der Waals surface area contributed by atoms with Gasteiger partial charge in [-0.25, -0.2) is 0 Å². The van der Waals surface area contributed by atoms with Crippen molar-refractivity contribution in [2.75, 3.05) is 12.4 Å². The summed E-state index contributed by atoms with van der Waals surface area (Å²) in [6.07, 6.45) is 7.59. The van der Waals surface area contributed by atoms with Crippen LogP contribution in [-0.4, -0.2) is 13.3 Å². The van der Waals surface area contributed by atoms with Crippen molar-refractivity contribution in [1.82, 2.24) is 0 Å². The fourth-order valence-electron chi connectivity index (χ4n) is 4.59. The Morgan fingerprint density at radius 3 is 2.73 bits per heavy atom. The summed E-state index contributed by atoms with van der Waals surface area (Å²) in [6.45, 7) is 0. The average molecular weight is 415 g/mol. The second-order valence-corrected chi connectivity index (χ2v) is 8.24. The summed E-state index contributed by atoms with van der Waals surface area (Å²) in [7, 11) is 1.65. The highest BCUT2D eigenvalue weighted by atomic mass is 35.5. The summed E-state index contributed by atoms with van der Waals surface area (Å²) in [5.41, 5.74) is 5.70. The Morgan fingerprint density at radius 1 is 1.07 bits per heavy atom. The van der Waals surface area contributed by atoms with Crippen LogP contribution in [0.25, 0.3) is 0 Å². The first-order valence-corrected chi connectivity index (χ1v) is 10.6. The van der Waals surface area contributed by atoms with Gasteiger partial charge in [-0.3, -0.25) is 4.99 Å². The van der Waals surface area contributed by atoms with Crippen LogP contribution < -0.4 is 10.1 Å². The molecule has 0 saturated carbocycles. The normalized spacial score (nSPS) is 21.9. The van der Waals surface area contributed by atoms with Crippen molar-refractivity contribution in [1.29, 1.82) is 0 Å². The number of anilines is 1. The lowest BCUT2D eigenvalue weighted by atomic mass is 9.77. The van der Waals surface area contributed by atoms with E-state index in [4.69, 9.17) is 16.3 Å². The molecule has 5 rings (SSSR count). The van der Waals surface area contributed by atoms with Gasteiger partial charge in [-0.1, -0.05) is 54.1 Å². The second-order valence-electron chi connectivity index (χ2n) is 7.80. The van der Waals surface area contributed by atoms with Gasteiger partial charge < -0.3 is 10.1 Å². The van der Waals surface area contributed by atoms with Crippen LogP contribution in [0.3, 0.4) is 0 Å². The van der Waals surface area contributed by atoms with Crippen LogP contribution >= 0.6 is 11.6 Å². The zero-order valence-corrected chi connectivity index (χ0v) is 17.5. The van der Waals surface area contributed by atoms with Gasteiger partial charge >= 0.3 is 0 Å². The van der Waals surface area contributed by atoms with Crippen LogP contribution in [0.2, 0.25) is 5.02 Å². The first-order valence-electron chi connectivity index (χ1n) is 10.2. The average Bonchev–Trinajstić information content (AvgIpc) is 3.28. The summed E-state index contributed by atoms with van der Waals surface area (Å²) in [6, 6.07) is 23.0. The van der Waals surface area contributed by atoms with Crippen LogP contribution in [0.4, 0.5) is 11.4 Å². The predicted octanol–water partition coefficient (Wildman–Crippen LogP) is 6.93. The van der Waals surface area contributed by atoms with Gasteiger partial charge in [-0.2, -0.15) is 0 Å². The molecule has 1 N–H and O–H groups in total. The van der Waals surface area contributed by atoms with Gasteiger partial charge in [0.15, 0.2) is 0 Å². The number of rotatable bonds is 4. The molecule has 0 spiro atoms. The number of hydrogen-bond acceptors (Lipinski definition) is 3. The third-order valence-corrected chi connectivity index (χ3v) is 6.30. The molecule has 1 heterocycles. The van der Waals surface area contributed by atoms with Gasteiger partial charge in [0.1, 0.15) is 5.75 Å². The SMILES string of the molecule is COc1ccc(Cl)cc1C=Nc1ccc([C@@H]2Nc3ccccc3[C@H]3C=CC[C@H]32)cc1. The molecule has 150 valence electrons. The fourth-order valence-corrected chi connectivity index (χ4v) is 4.77. The molecule has 3 aromatic rings. The predicted molar refractivity (Wildman–Crippen MR) is 124 cm³/mol. The van der Waals surface area contributed by atoms with Crippen molar-refractivity contribution in [3.8, 4) is 5.75 Å². The number of para-hydroxylation sites is 1. The Bertz CT molecular complexity index is 1120. The van der Waals surface area contributed by atoms with Crippen LogP contribution in [0.1, 0.15) is 35.1 Å². The molecule has 0 fully saturated rings. The van der Waals surface area contributed by atoms with Crippen molar-refractivity contribution in [3.63, 3.8) is 0 Å². The van der Waals surface area contributed by atoms with Crippen molar-refractivity contribution in [3.05, 3.63) is 101 Å². The summed E-state index contributed by atoms with van der Waals surface area (Å²) in [5, 5.41) is 4.44. The highest BCUT2D eigenvalue weighted by Crippen LogP contribution is 2.49. The van der Waals surface area contributed by atoms with E-state index < -0.39 is 0 Å². The van der Waals surface area contributed by atoms with Gasteiger partial charge in [0.05, 0.1) is 18.8 Å². The lowest BCUT2D eigenvalue weighted by Crippen LogP contribution is -2.28. The van der Waals surface area contributed by atoms with Gasteiger partial charge in [-0.15, -0.1) is 0 Å². The highest BCUT2D eigenvalue weighted by molar-refractivity contribution is 6.30. The van der Waals surface area contributed by atoms with E-state index in [0.717, 1.165) is 23.4 Å². The third kappa shape index (κ3) is 3.50. The van der Waals surface area contributed by atoms with Crippen LogP contribution in [0, 0.1) is 5.92 Å². The topological polar surface area (TPSA) is 33.6 Å². The molecular weight excluding hydrogens is 392 g/mol. The van der Waals surface area contributed by atoms with E-state index in [1.54, 1.807) is 13.3 Å². The molecule has 0 unspecified atom stereocenters. The Labute approximate surface area is 182 Å². The fraction of sp³-hybridized carbons (Fsp3) is 0.192. The quantitative estimate of drug-likeness (QED) is 0.371. The van der Waals surface area contributed by atoms with E-state index in [0.29, 0.717) is 22.9 Å². The smallest absolute Gasteiger partial charge is 0.127 e. The number of halogens is 1. The zero-order valence-electron chi connectivity index (χ0n) is 16.8. The van der Waals surface area contributed by atoms with Gasteiger partial charge in [0.25, 0.3) is 0 Å². The van der Waals surface area contributed by atoms with Gasteiger partial charge in [-0.05, 0) is 59.9 Å². The number of allylic oxidation sites excluding steroid dienone is 2. The van der Waals surface area contributed by atoms with Gasteiger partial charge in [0, 0.05) is 28.4 Å². The maximum Gasteiger partial charge on any atom is 0.127 e. The zero-order chi connectivity index (χ0) is 20.5. The third-order valence-electron chi connectivity index (χ3n) is 6.07. The molecule has 1 aliphatic heterocycles. The van der Waals surface area contributed by atoms with Crippen molar-refractivity contribution < 1.29 is 4.74 Å². The summed E-state index contributed by atoms with van der Waals surface area (Å²) in [4.78, 5) is 4.62. The van der Waals surface area contributed by atoms with Crippen LogP contribution in [-0.2, 0) is 0 Å². The number of nitrogens with zero attached hydrogens (tertiary/aromatic N) is 1. The molecule has 0 saturated heterocycles. The van der Waals surface area contributed by atoms with E-state index in [1.165, 1.54) is 16.8 Å². The molecule has 3 atom stereocenters. The molecule has 0 bridgehead atoms. The second kappa shape index (κ2) is 8.00. The molecular formula is C26H23ClN2O. The molecule has 0 amide bonds. The maximum atomic E-state index is 6.11. The van der Waals surface area contributed by atoms with Crippen molar-refractivity contribution >= 4 is 29.2 Å². The number of nitrogens with one attached hydrogen (secondary N) is 1. The number of hydrogen-bond donors (Lipinski definition) is 1. The molecule has 30 heavy (non-hydrogen) atoms. The standard InChI is InChI=1S/C26H23ClN2O/c1-30-25-14-11-19(27)15-18(25)16-28-20-12-9-17(10-13-20)26-23-7-4-6-21(23)22-5-2-3-8-24(22)29-26/h2-6,8-16,21,23,26,29H,7H2,1H3/t21-,23-,26+/m1/s1. The Kier molecular flexibility index (Phi) is 5.06. The molecule has 3 aromatic carbocycles.